The molecule has 0 fully saturated rings. The van der Waals surface area contributed by atoms with Crippen LogP contribution in [0.4, 0.5) is 0 Å². The van der Waals surface area contributed by atoms with Crippen molar-refractivity contribution in [3.05, 3.63) is 0 Å². The molecule has 0 aliphatic heterocycles. The van der Waals surface area contributed by atoms with E-state index in [4.69, 9.17) is 10.2 Å². The smallest absolute Gasteiger partial charge is 0.101 e. The normalized spacial score (nSPS) is 11.9. The molecule has 1 atom stereocenters. The van der Waals surface area contributed by atoms with Gasteiger partial charge in [0.05, 0.1) is 31.8 Å². The summed E-state index contributed by atoms with van der Waals surface area (Å²) in [7, 11) is 0. The lowest BCUT2D eigenvalue weighted by atomic mass is 10.4. The fraction of sp³-hybridized carbons (Fsp3) is 0.889. The lowest BCUT2D eigenvalue weighted by molar-refractivity contribution is -0.896. The Morgan fingerprint density at radius 3 is 1.86 bits per heavy atom. The van der Waals surface area contributed by atoms with E-state index in [1.165, 1.54) is 4.90 Å². The highest BCUT2D eigenvalue weighted by Gasteiger charge is 1.97. The summed E-state index contributed by atoms with van der Waals surface area (Å²) >= 11 is 0. The maximum absolute atomic E-state index is 9.34. The number of carbonyl (C=O) groups is 1. The molecule has 0 heterocycles. The highest BCUT2D eigenvalue weighted by atomic mass is 16.4. The monoisotopic (exact) mass is 207 g/mol. The maximum Gasteiger partial charge on any atom is 0.101 e. The molecule has 14 heavy (non-hydrogen) atoms. The van der Waals surface area contributed by atoms with Crippen LogP contribution in [0.15, 0.2) is 0 Å². The van der Waals surface area contributed by atoms with Crippen molar-refractivity contribution in [1.29, 1.82) is 0 Å². The van der Waals surface area contributed by atoms with Crippen molar-refractivity contribution >= 4 is 5.97 Å². The molecular weight excluding hydrogens is 186 g/mol. The average Bonchev–Trinajstić information content (AvgIpc) is 2.15. The van der Waals surface area contributed by atoms with E-state index in [0.717, 1.165) is 26.6 Å². The highest BCUT2D eigenvalue weighted by molar-refractivity contribution is 5.68. The molecule has 0 bridgehead atoms. The fourth-order valence-electron chi connectivity index (χ4n) is 0.762. The second-order valence-electron chi connectivity index (χ2n) is 2.93. The SMILES string of the molecule is CC(O)C(=O)[O-].CC[NH+](CC)CCO. The lowest BCUT2D eigenvalue weighted by Gasteiger charge is -2.12. The number of aliphatic hydroxyl groups excluding tert-OH is 2. The molecule has 0 aromatic carbocycles. The van der Waals surface area contributed by atoms with E-state index in [1.54, 1.807) is 0 Å². The van der Waals surface area contributed by atoms with Crippen LogP contribution in [-0.2, 0) is 4.79 Å². The van der Waals surface area contributed by atoms with Crippen LogP contribution in [0, 0.1) is 0 Å². The van der Waals surface area contributed by atoms with Crippen LogP contribution >= 0.6 is 0 Å². The van der Waals surface area contributed by atoms with Gasteiger partial charge in [0.15, 0.2) is 0 Å². The summed E-state index contributed by atoms with van der Waals surface area (Å²) in [6.07, 6.45) is -1.34. The van der Waals surface area contributed by atoms with Crippen molar-refractivity contribution in [2.45, 2.75) is 26.9 Å². The molecule has 0 amide bonds. The molecule has 0 aromatic heterocycles. The van der Waals surface area contributed by atoms with Gasteiger partial charge in [0.1, 0.15) is 6.54 Å². The Hall–Kier alpha value is -0.650. The van der Waals surface area contributed by atoms with E-state index >= 15 is 0 Å². The molecule has 0 aromatic rings. The third-order valence-corrected chi connectivity index (χ3v) is 1.81. The van der Waals surface area contributed by atoms with Crippen molar-refractivity contribution in [3.8, 4) is 0 Å². The minimum atomic E-state index is -1.44. The number of aliphatic hydroxyl groups is 2. The number of rotatable bonds is 5. The van der Waals surface area contributed by atoms with Crippen molar-refractivity contribution in [3.63, 3.8) is 0 Å². The molecule has 0 spiro atoms. The fourth-order valence-corrected chi connectivity index (χ4v) is 0.762. The van der Waals surface area contributed by atoms with Gasteiger partial charge in [0, 0.05) is 0 Å². The van der Waals surface area contributed by atoms with Gasteiger partial charge in [0.2, 0.25) is 0 Å². The molecule has 5 nitrogen and oxygen atoms in total. The first-order chi connectivity index (χ1) is 6.49. The number of hydrogen-bond donors (Lipinski definition) is 3. The molecule has 0 rings (SSSR count). The molecule has 0 aliphatic carbocycles. The predicted molar refractivity (Wildman–Crippen MR) is 50.7 cm³/mol. The number of carboxylic acids is 1. The van der Waals surface area contributed by atoms with Crippen LogP contribution in [0.5, 0.6) is 0 Å². The summed E-state index contributed by atoms with van der Waals surface area (Å²) < 4.78 is 0. The van der Waals surface area contributed by atoms with Crippen LogP contribution in [-0.4, -0.2) is 48.5 Å². The Labute approximate surface area is 85.0 Å². The first kappa shape index (κ1) is 15.8. The summed E-state index contributed by atoms with van der Waals surface area (Å²) in [6.45, 7) is 8.86. The Bertz CT molecular complexity index is 135. The Morgan fingerprint density at radius 2 is 1.79 bits per heavy atom. The number of carboxylic acid groups (broad SMARTS) is 1. The van der Waals surface area contributed by atoms with Crippen molar-refractivity contribution in [2.24, 2.45) is 0 Å². The minimum Gasteiger partial charge on any atom is -0.547 e. The van der Waals surface area contributed by atoms with Gasteiger partial charge in [-0.25, -0.2) is 0 Å². The zero-order chi connectivity index (χ0) is 11.6. The van der Waals surface area contributed by atoms with Gasteiger partial charge in [-0.15, -0.1) is 0 Å². The third kappa shape index (κ3) is 11.4. The van der Waals surface area contributed by atoms with E-state index < -0.39 is 12.1 Å². The maximum atomic E-state index is 9.34. The second-order valence-corrected chi connectivity index (χ2v) is 2.93. The van der Waals surface area contributed by atoms with Crippen molar-refractivity contribution in [1.82, 2.24) is 0 Å². The summed E-state index contributed by atoms with van der Waals surface area (Å²) in [5.41, 5.74) is 0. The van der Waals surface area contributed by atoms with Crippen LogP contribution in [0.2, 0.25) is 0 Å². The standard InChI is InChI=1S/C6H15NO.C3H6O3/c1-3-7(4-2)5-6-8;1-2(4)3(5)6/h8H,3-6H2,1-2H3;2,4H,1H3,(H,5,6). The highest BCUT2D eigenvalue weighted by Crippen LogP contribution is 1.69. The van der Waals surface area contributed by atoms with E-state index in [2.05, 4.69) is 13.8 Å². The van der Waals surface area contributed by atoms with Crippen molar-refractivity contribution in [2.75, 3.05) is 26.2 Å². The van der Waals surface area contributed by atoms with Gasteiger partial charge in [-0.2, -0.15) is 0 Å². The molecule has 5 heteroatoms. The number of likely N-dealkylation sites (N-methyl/N-ethyl adjacent to an activating group) is 1. The topological polar surface area (TPSA) is 85.0 Å². The molecule has 3 N–H and O–H groups in total. The largest absolute Gasteiger partial charge is 0.547 e. The summed E-state index contributed by atoms with van der Waals surface area (Å²) in [5.74, 6) is -1.44. The molecule has 1 unspecified atom stereocenters. The van der Waals surface area contributed by atoms with Crippen LogP contribution in [0.25, 0.3) is 0 Å². The van der Waals surface area contributed by atoms with Crippen molar-refractivity contribution < 1.29 is 25.0 Å². The summed E-state index contributed by atoms with van der Waals surface area (Å²) in [5, 5.41) is 25.8. The van der Waals surface area contributed by atoms with Crippen LogP contribution in [0.3, 0.4) is 0 Å². The molecule has 86 valence electrons. The second kappa shape index (κ2) is 10.4. The predicted octanol–water partition coefficient (Wildman–Crippen LogP) is -2.98. The number of aliphatic carboxylic acids is 1. The van der Waals surface area contributed by atoms with Gasteiger partial charge in [-0.1, -0.05) is 0 Å². The summed E-state index contributed by atoms with van der Waals surface area (Å²) in [6, 6.07) is 0. The number of hydrogen-bond acceptors (Lipinski definition) is 4. The van der Waals surface area contributed by atoms with E-state index in [0.29, 0.717) is 6.61 Å². The Balaban J connectivity index is 0. The Morgan fingerprint density at radius 1 is 1.43 bits per heavy atom. The first-order valence-electron chi connectivity index (χ1n) is 4.82. The van der Waals surface area contributed by atoms with Gasteiger partial charge in [-0.05, 0) is 20.8 Å². The van der Waals surface area contributed by atoms with Gasteiger partial charge >= 0.3 is 0 Å². The van der Waals surface area contributed by atoms with Gasteiger partial charge < -0.3 is 25.0 Å². The van der Waals surface area contributed by atoms with E-state index in [-0.39, 0.29) is 0 Å². The molecule has 0 aliphatic rings. The van der Waals surface area contributed by atoms with Gasteiger partial charge in [-0.3, -0.25) is 0 Å². The number of carbonyl (C=O) groups excluding carboxylic acids is 1. The number of nitrogens with one attached hydrogen (secondary N) is 1. The van der Waals surface area contributed by atoms with E-state index in [1.807, 2.05) is 0 Å². The Kier molecular flexibility index (Phi) is 11.8. The molecule has 0 saturated heterocycles. The van der Waals surface area contributed by atoms with Crippen LogP contribution < -0.4 is 10.0 Å². The quantitative estimate of drug-likeness (QED) is 0.449. The third-order valence-electron chi connectivity index (χ3n) is 1.81. The summed E-state index contributed by atoms with van der Waals surface area (Å²) in [4.78, 5) is 10.8. The van der Waals surface area contributed by atoms with Gasteiger partial charge in [0.25, 0.3) is 0 Å². The number of quaternary nitrogens is 1. The van der Waals surface area contributed by atoms with Crippen LogP contribution in [0.1, 0.15) is 20.8 Å². The zero-order valence-electron chi connectivity index (χ0n) is 9.12. The lowest BCUT2D eigenvalue weighted by Crippen LogP contribution is -3.11. The minimum absolute atomic E-state index is 0.316. The van der Waals surface area contributed by atoms with E-state index in [9.17, 15) is 9.90 Å². The molecule has 0 saturated carbocycles. The molecular formula is C9H21NO4. The zero-order valence-corrected chi connectivity index (χ0v) is 9.12. The average molecular weight is 207 g/mol. The molecule has 0 radical (unpaired) electrons. The first-order valence-corrected chi connectivity index (χ1v) is 4.82.